The summed E-state index contributed by atoms with van der Waals surface area (Å²) in [6.07, 6.45) is 0.104. The average molecular weight is 554 g/mol. The van der Waals surface area contributed by atoms with E-state index in [1.807, 2.05) is 61.5 Å². The molecule has 0 unspecified atom stereocenters. The van der Waals surface area contributed by atoms with E-state index in [9.17, 15) is 18.0 Å². The number of aromatic nitrogens is 1. The van der Waals surface area contributed by atoms with Gasteiger partial charge in [0, 0.05) is 17.7 Å². The minimum Gasteiger partial charge on any atom is -0.489 e. The maximum absolute atomic E-state index is 13.9. The molecule has 206 valence electrons. The van der Waals surface area contributed by atoms with Crippen molar-refractivity contribution in [2.45, 2.75) is 26.1 Å². The molecular weight excluding hydrogens is 527 g/mol. The van der Waals surface area contributed by atoms with Crippen LogP contribution in [0.25, 0.3) is 28.1 Å². The van der Waals surface area contributed by atoms with Gasteiger partial charge in [-0.3, -0.25) is 4.98 Å². The molecule has 0 saturated heterocycles. The van der Waals surface area contributed by atoms with Gasteiger partial charge in [0.1, 0.15) is 12.4 Å². The number of hydrogen-bond donors (Lipinski definition) is 1. The molecule has 0 aliphatic carbocycles. The summed E-state index contributed by atoms with van der Waals surface area (Å²) in [4.78, 5) is 15.0. The number of pyridine rings is 1. The molecule has 0 amide bonds. The summed E-state index contributed by atoms with van der Waals surface area (Å²) in [6, 6.07) is 26.7. The Kier molecular flexibility index (Phi) is 7.88. The van der Waals surface area contributed by atoms with Crippen molar-refractivity contribution in [2.24, 2.45) is 0 Å². The molecule has 0 aliphatic heterocycles. The van der Waals surface area contributed by atoms with Crippen molar-refractivity contribution < 1.29 is 27.8 Å². The lowest BCUT2D eigenvalue weighted by Gasteiger charge is -2.17. The van der Waals surface area contributed by atoms with Crippen LogP contribution in [-0.4, -0.2) is 16.1 Å². The third-order valence-electron chi connectivity index (χ3n) is 6.85. The standard InChI is InChI=1S/C34H26F3NO3/c1-22-6-2-3-7-25(22)18-27-20-38-33-29(10-5-11-30(33)34(35,36)37)32(27)26-8-4-9-28(19-26)41-21-24-14-12-23(13-15-24)16-17-31(39)40/h2-17,19-20H,18,21H2,1H3,(H,39,40). The van der Waals surface area contributed by atoms with Gasteiger partial charge < -0.3 is 9.84 Å². The summed E-state index contributed by atoms with van der Waals surface area (Å²) in [5.74, 6) is -0.452. The van der Waals surface area contributed by atoms with Gasteiger partial charge >= 0.3 is 12.1 Å². The van der Waals surface area contributed by atoms with E-state index in [-0.39, 0.29) is 12.1 Å². The number of carbonyl (C=O) groups is 1. The molecule has 4 nitrogen and oxygen atoms in total. The van der Waals surface area contributed by atoms with Crippen LogP contribution in [0, 0.1) is 6.92 Å². The first kappa shape index (κ1) is 27.6. The number of aliphatic carboxylic acids is 1. The molecule has 4 aromatic carbocycles. The summed E-state index contributed by atoms with van der Waals surface area (Å²) >= 11 is 0. The van der Waals surface area contributed by atoms with Gasteiger partial charge in [-0.25, -0.2) is 4.79 Å². The van der Waals surface area contributed by atoms with Gasteiger partial charge in [-0.2, -0.15) is 13.2 Å². The fourth-order valence-corrected chi connectivity index (χ4v) is 4.78. The number of hydrogen-bond acceptors (Lipinski definition) is 3. The second-order valence-corrected chi connectivity index (χ2v) is 9.69. The molecule has 0 fully saturated rings. The van der Waals surface area contributed by atoms with Crippen molar-refractivity contribution in [3.8, 4) is 16.9 Å². The molecule has 0 aliphatic rings. The van der Waals surface area contributed by atoms with Crippen molar-refractivity contribution >= 4 is 22.9 Å². The lowest BCUT2D eigenvalue weighted by Crippen LogP contribution is -2.07. The molecule has 0 saturated carbocycles. The number of nitrogens with zero attached hydrogens (tertiary/aromatic N) is 1. The van der Waals surface area contributed by atoms with Crippen LogP contribution >= 0.6 is 0 Å². The van der Waals surface area contributed by atoms with Gasteiger partial charge in [-0.15, -0.1) is 0 Å². The van der Waals surface area contributed by atoms with E-state index in [1.165, 1.54) is 12.1 Å². The van der Waals surface area contributed by atoms with Crippen LogP contribution in [0.5, 0.6) is 5.75 Å². The van der Waals surface area contributed by atoms with Crippen molar-refractivity contribution in [2.75, 3.05) is 0 Å². The Morgan fingerprint density at radius 2 is 1.68 bits per heavy atom. The molecule has 1 N–H and O–H groups in total. The zero-order valence-electron chi connectivity index (χ0n) is 22.2. The first-order chi connectivity index (χ1) is 19.7. The van der Waals surface area contributed by atoms with E-state index in [0.717, 1.165) is 45.5 Å². The quantitative estimate of drug-likeness (QED) is 0.196. The number of aryl methyl sites for hydroxylation is 1. The molecule has 5 rings (SSSR count). The predicted molar refractivity (Wildman–Crippen MR) is 154 cm³/mol. The summed E-state index contributed by atoms with van der Waals surface area (Å²) < 4.78 is 47.7. The summed E-state index contributed by atoms with van der Waals surface area (Å²) in [6.45, 7) is 2.27. The predicted octanol–water partition coefficient (Wildman–Crippen LogP) is 8.50. The Bertz CT molecular complexity index is 1740. The lowest BCUT2D eigenvalue weighted by molar-refractivity contribution is -0.136. The Balaban J connectivity index is 1.52. The first-order valence-electron chi connectivity index (χ1n) is 12.9. The number of benzene rings is 4. The van der Waals surface area contributed by atoms with E-state index < -0.39 is 17.7 Å². The Labute approximate surface area is 235 Å². The number of ether oxygens (including phenoxy) is 1. The molecular formula is C34H26F3NO3. The molecule has 0 radical (unpaired) electrons. The minimum atomic E-state index is -4.54. The van der Waals surface area contributed by atoms with Crippen molar-refractivity contribution in [1.82, 2.24) is 4.98 Å². The zero-order chi connectivity index (χ0) is 29.0. The normalized spacial score (nSPS) is 11.7. The maximum atomic E-state index is 13.9. The van der Waals surface area contributed by atoms with Crippen LogP contribution in [-0.2, 0) is 24.0 Å². The second kappa shape index (κ2) is 11.7. The third-order valence-corrected chi connectivity index (χ3v) is 6.85. The van der Waals surface area contributed by atoms with Crippen LogP contribution in [0.4, 0.5) is 13.2 Å². The van der Waals surface area contributed by atoms with Gasteiger partial charge in [0.25, 0.3) is 0 Å². The van der Waals surface area contributed by atoms with Crippen LogP contribution in [0.1, 0.15) is 33.4 Å². The number of rotatable bonds is 8. The molecule has 1 aromatic heterocycles. The Morgan fingerprint density at radius 3 is 2.41 bits per heavy atom. The van der Waals surface area contributed by atoms with E-state index in [2.05, 4.69) is 4.98 Å². The number of fused-ring (bicyclic) bond motifs is 1. The molecule has 1 heterocycles. The highest BCUT2D eigenvalue weighted by molar-refractivity contribution is 5.98. The van der Waals surface area contributed by atoms with E-state index in [0.29, 0.717) is 23.1 Å². The average Bonchev–Trinajstić information content (AvgIpc) is 2.96. The van der Waals surface area contributed by atoms with E-state index in [4.69, 9.17) is 9.84 Å². The van der Waals surface area contributed by atoms with E-state index >= 15 is 0 Å². The fourth-order valence-electron chi connectivity index (χ4n) is 4.78. The van der Waals surface area contributed by atoms with Crippen LogP contribution in [0.2, 0.25) is 0 Å². The van der Waals surface area contributed by atoms with E-state index in [1.54, 1.807) is 30.5 Å². The fraction of sp³-hybridized carbons (Fsp3) is 0.118. The van der Waals surface area contributed by atoms with Crippen LogP contribution in [0.3, 0.4) is 0 Å². The number of carboxylic acids is 1. The van der Waals surface area contributed by atoms with Crippen molar-refractivity contribution in [3.63, 3.8) is 0 Å². The zero-order valence-corrected chi connectivity index (χ0v) is 22.2. The van der Waals surface area contributed by atoms with Gasteiger partial charge in [-0.05, 0) is 76.6 Å². The highest BCUT2D eigenvalue weighted by Gasteiger charge is 2.33. The number of alkyl halides is 3. The minimum absolute atomic E-state index is 0.0908. The van der Waals surface area contributed by atoms with Gasteiger partial charge in [-0.1, -0.05) is 72.8 Å². The largest absolute Gasteiger partial charge is 0.489 e. The molecule has 41 heavy (non-hydrogen) atoms. The number of carboxylic acid groups (broad SMARTS) is 1. The van der Waals surface area contributed by atoms with Gasteiger partial charge in [0.05, 0.1) is 11.1 Å². The monoisotopic (exact) mass is 553 g/mol. The first-order valence-corrected chi connectivity index (χ1v) is 12.9. The Morgan fingerprint density at radius 1 is 0.927 bits per heavy atom. The molecule has 0 bridgehead atoms. The number of para-hydroxylation sites is 1. The molecule has 0 spiro atoms. The summed E-state index contributed by atoms with van der Waals surface area (Å²) in [5.41, 5.74) is 5.15. The number of halogens is 3. The maximum Gasteiger partial charge on any atom is 0.418 e. The van der Waals surface area contributed by atoms with Crippen LogP contribution < -0.4 is 4.74 Å². The second-order valence-electron chi connectivity index (χ2n) is 9.69. The summed E-state index contributed by atoms with van der Waals surface area (Å²) in [7, 11) is 0. The smallest absolute Gasteiger partial charge is 0.418 e. The highest BCUT2D eigenvalue weighted by atomic mass is 19.4. The summed E-state index contributed by atoms with van der Waals surface area (Å²) in [5, 5.41) is 9.22. The molecule has 5 aromatic rings. The lowest BCUT2D eigenvalue weighted by atomic mass is 9.91. The molecule has 0 atom stereocenters. The van der Waals surface area contributed by atoms with Gasteiger partial charge in [0.15, 0.2) is 0 Å². The van der Waals surface area contributed by atoms with Crippen molar-refractivity contribution in [3.05, 3.63) is 137 Å². The van der Waals surface area contributed by atoms with Gasteiger partial charge in [0.2, 0.25) is 0 Å². The highest BCUT2D eigenvalue weighted by Crippen LogP contribution is 2.39. The molecule has 7 heteroatoms. The SMILES string of the molecule is Cc1ccccc1Cc1cnc2c(C(F)(F)F)cccc2c1-c1cccc(OCc2ccc(C=CC(=O)O)cc2)c1. The van der Waals surface area contributed by atoms with Crippen molar-refractivity contribution in [1.29, 1.82) is 0 Å². The van der Waals surface area contributed by atoms with Crippen LogP contribution in [0.15, 0.2) is 103 Å². The topological polar surface area (TPSA) is 59.4 Å². The third kappa shape index (κ3) is 6.47. The Hall–Kier alpha value is -4.91.